The van der Waals surface area contributed by atoms with Gasteiger partial charge in [0, 0.05) is 24.4 Å². The normalized spacial score (nSPS) is 13.3. The molecule has 0 atom stereocenters. The molecule has 1 aliphatic heterocycles. The van der Waals surface area contributed by atoms with Crippen molar-refractivity contribution in [3.05, 3.63) is 57.3 Å². The summed E-state index contributed by atoms with van der Waals surface area (Å²) in [7, 11) is 1.59. The Hall–Kier alpha value is -2.31. The number of aromatic nitrogens is 1. The number of halogens is 2. The van der Waals surface area contributed by atoms with Crippen molar-refractivity contribution in [2.24, 2.45) is 10.8 Å². The summed E-state index contributed by atoms with van der Waals surface area (Å²) >= 11 is 12.4. The molecule has 2 aromatic rings. The fourth-order valence-electron chi connectivity index (χ4n) is 2.54. The highest BCUT2D eigenvalue weighted by Gasteiger charge is 2.24. The van der Waals surface area contributed by atoms with Crippen LogP contribution in [0.5, 0.6) is 5.75 Å². The van der Waals surface area contributed by atoms with Crippen LogP contribution in [0.3, 0.4) is 0 Å². The number of primary amides is 1. The number of ether oxygens (including phenoxy) is 1. The van der Waals surface area contributed by atoms with Crippen LogP contribution in [0.1, 0.15) is 16.7 Å². The van der Waals surface area contributed by atoms with Crippen LogP contribution in [0.2, 0.25) is 10.0 Å². The molecule has 0 spiro atoms. The van der Waals surface area contributed by atoms with E-state index in [1.807, 2.05) is 18.2 Å². The van der Waals surface area contributed by atoms with Crippen molar-refractivity contribution in [3.63, 3.8) is 0 Å². The lowest BCUT2D eigenvalue weighted by atomic mass is 9.96. The van der Waals surface area contributed by atoms with Gasteiger partial charge in [-0.05, 0) is 29.3 Å². The van der Waals surface area contributed by atoms with Crippen LogP contribution in [0, 0.1) is 0 Å². The minimum absolute atomic E-state index is 0.281. The van der Waals surface area contributed by atoms with Gasteiger partial charge in [-0.25, -0.2) is 9.80 Å². The van der Waals surface area contributed by atoms with Gasteiger partial charge in [0.2, 0.25) is 0 Å². The molecule has 0 fully saturated rings. The third-order valence-electron chi connectivity index (χ3n) is 3.74. The summed E-state index contributed by atoms with van der Waals surface area (Å²) in [6, 6.07) is 4.96. The summed E-state index contributed by atoms with van der Waals surface area (Å²) in [6.07, 6.45) is 3.39. The highest BCUT2D eigenvalue weighted by atomic mass is 35.5. The Bertz CT molecular complexity index is 819. The molecule has 8 heteroatoms. The van der Waals surface area contributed by atoms with Gasteiger partial charge >= 0.3 is 6.03 Å². The largest absolute Gasteiger partial charge is 0.497 e. The van der Waals surface area contributed by atoms with Gasteiger partial charge in [0.25, 0.3) is 0 Å². The number of hydrazone groups is 1. The first kappa shape index (κ1) is 16.5. The van der Waals surface area contributed by atoms with Crippen molar-refractivity contribution in [2.75, 3.05) is 7.11 Å². The Morgan fingerprint density at radius 3 is 2.67 bits per heavy atom. The van der Waals surface area contributed by atoms with E-state index in [0.29, 0.717) is 33.5 Å². The molecule has 3 rings (SSSR count). The zero-order valence-corrected chi connectivity index (χ0v) is 14.3. The molecule has 2 N–H and O–H groups in total. The van der Waals surface area contributed by atoms with Crippen molar-refractivity contribution >= 4 is 34.9 Å². The van der Waals surface area contributed by atoms with E-state index >= 15 is 0 Å². The van der Waals surface area contributed by atoms with Gasteiger partial charge in [-0.2, -0.15) is 5.10 Å². The van der Waals surface area contributed by atoms with Gasteiger partial charge in [0.15, 0.2) is 0 Å². The number of rotatable bonds is 3. The van der Waals surface area contributed by atoms with E-state index in [-0.39, 0.29) is 6.54 Å². The zero-order valence-electron chi connectivity index (χ0n) is 12.8. The smallest absolute Gasteiger partial charge is 0.335 e. The Labute approximate surface area is 148 Å². The van der Waals surface area contributed by atoms with E-state index in [2.05, 4.69) is 10.1 Å². The van der Waals surface area contributed by atoms with Gasteiger partial charge in [0.05, 0.1) is 29.4 Å². The number of pyridine rings is 1. The molecule has 1 aliphatic rings. The predicted octanol–water partition coefficient (Wildman–Crippen LogP) is 3.24. The molecular weight excluding hydrogens is 351 g/mol. The molecular formula is C16H14Cl2N4O2. The third-order valence-corrected chi connectivity index (χ3v) is 4.39. The minimum Gasteiger partial charge on any atom is -0.497 e. The van der Waals surface area contributed by atoms with Gasteiger partial charge in [-0.1, -0.05) is 23.2 Å². The maximum atomic E-state index is 11.6. The molecule has 0 unspecified atom stereocenters. The number of benzene rings is 1. The molecule has 1 aromatic heterocycles. The van der Waals surface area contributed by atoms with Crippen molar-refractivity contribution in [1.82, 2.24) is 9.99 Å². The fraction of sp³-hybridized carbons (Fsp3) is 0.188. The number of carbonyl (C=O) groups is 1. The number of methoxy groups -OCH3 is 1. The fourth-order valence-corrected chi connectivity index (χ4v) is 3.04. The van der Waals surface area contributed by atoms with Gasteiger partial charge in [-0.3, -0.25) is 4.98 Å². The average Bonchev–Trinajstić information content (AvgIpc) is 2.57. The molecule has 0 bridgehead atoms. The highest BCUT2D eigenvalue weighted by molar-refractivity contribution is 6.36. The topological polar surface area (TPSA) is 80.8 Å². The Morgan fingerprint density at radius 1 is 1.33 bits per heavy atom. The maximum Gasteiger partial charge on any atom is 0.335 e. The van der Waals surface area contributed by atoms with Crippen LogP contribution in [-0.4, -0.2) is 28.8 Å². The van der Waals surface area contributed by atoms with Crippen molar-refractivity contribution in [1.29, 1.82) is 0 Å². The third kappa shape index (κ3) is 3.16. The van der Waals surface area contributed by atoms with E-state index in [9.17, 15) is 4.79 Å². The monoisotopic (exact) mass is 364 g/mol. The summed E-state index contributed by atoms with van der Waals surface area (Å²) in [4.78, 5) is 15.5. The van der Waals surface area contributed by atoms with E-state index in [0.717, 1.165) is 11.1 Å². The first-order valence-electron chi connectivity index (χ1n) is 7.09. The van der Waals surface area contributed by atoms with E-state index in [1.54, 1.807) is 7.11 Å². The molecule has 2 heterocycles. The predicted molar refractivity (Wildman–Crippen MR) is 92.6 cm³/mol. The second-order valence-corrected chi connectivity index (χ2v) is 6.04. The summed E-state index contributed by atoms with van der Waals surface area (Å²) in [5.41, 5.74) is 8.53. The second kappa shape index (κ2) is 6.67. The lowest BCUT2D eigenvalue weighted by Gasteiger charge is -2.25. The van der Waals surface area contributed by atoms with Gasteiger partial charge < -0.3 is 10.5 Å². The lowest BCUT2D eigenvalue weighted by molar-refractivity contribution is 0.206. The number of amides is 2. The summed E-state index contributed by atoms with van der Waals surface area (Å²) in [5, 5.41) is 6.44. The number of nitrogens with zero attached hydrogens (tertiary/aromatic N) is 3. The van der Waals surface area contributed by atoms with E-state index < -0.39 is 6.03 Å². The van der Waals surface area contributed by atoms with Crippen molar-refractivity contribution in [2.45, 2.75) is 13.0 Å². The number of hydrogen-bond donors (Lipinski definition) is 1. The highest BCUT2D eigenvalue weighted by Crippen LogP contribution is 2.29. The number of nitrogens with two attached hydrogens (primary N) is 1. The average molecular weight is 365 g/mol. The quantitative estimate of drug-likeness (QED) is 0.907. The first-order valence-corrected chi connectivity index (χ1v) is 7.84. The summed E-state index contributed by atoms with van der Waals surface area (Å²) < 4.78 is 5.24. The standard InChI is InChI=1S/C16H14Cl2N4O2/c1-24-10-2-3-11-9(4-10)8-22(16(19)23)21-15(11)5-12-13(17)6-20-7-14(12)18/h2-4,6-7H,5,8H2,1H3,(H2,19,23). The second-order valence-electron chi connectivity index (χ2n) is 5.22. The number of fused-ring (bicyclic) bond motifs is 1. The molecule has 1 aromatic carbocycles. The summed E-state index contributed by atoms with van der Waals surface area (Å²) in [6.45, 7) is 0.281. The number of hydrogen-bond acceptors (Lipinski definition) is 4. The van der Waals surface area contributed by atoms with E-state index in [4.69, 9.17) is 33.7 Å². The van der Waals surface area contributed by atoms with Crippen molar-refractivity contribution in [3.8, 4) is 5.75 Å². The Morgan fingerprint density at radius 2 is 2.04 bits per heavy atom. The maximum absolute atomic E-state index is 11.6. The zero-order chi connectivity index (χ0) is 17.3. The molecule has 0 aliphatic carbocycles. The lowest BCUT2D eigenvalue weighted by Crippen LogP contribution is -2.35. The van der Waals surface area contributed by atoms with Crippen LogP contribution in [0.15, 0.2) is 35.7 Å². The Balaban J connectivity index is 2.06. The van der Waals surface area contributed by atoms with Crippen LogP contribution in [0.4, 0.5) is 4.79 Å². The minimum atomic E-state index is -0.632. The number of carbonyl (C=O) groups excluding carboxylic acids is 1. The molecule has 0 radical (unpaired) electrons. The van der Waals surface area contributed by atoms with Crippen molar-refractivity contribution < 1.29 is 9.53 Å². The van der Waals surface area contributed by atoms with Crippen LogP contribution in [-0.2, 0) is 13.0 Å². The molecule has 0 saturated heterocycles. The van der Waals surface area contributed by atoms with Crippen LogP contribution in [0.25, 0.3) is 0 Å². The van der Waals surface area contributed by atoms with Gasteiger partial charge in [0.1, 0.15) is 5.75 Å². The van der Waals surface area contributed by atoms with E-state index in [1.165, 1.54) is 17.4 Å². The molecule has 124 valence electrons. The molecule has 24 heavy (non-hydrogen) atoms. The molecule has 6 nitrogen and oxygen atoms in total. The Kier molecular flexibility index (Phi) is 4.59. The first-order chi connectivity index (χ1) is 11.5. The molecule has 2 amide bonds. The van der Waals surface area contributed by atoms with Gasteiger partial charge in [-0.15, -0.1) is 0 Å². The SMILES string of the molecule is COc1ccc2c(c1)CN(C(N)=O)N=C2Cc1c(Cl)cncc1Cl. The van der Waals surface area contributed by atoms with Crippen LogP contribution >= 0.6 is 23.2 Å². The molecule has 0 saturated carbocycles. The summed E-state index contributed by atoms with van der Waals surface area (Å²) in [5.74, 6) is 0.694. The van der Waals surface area contributed by atoms with Crippen LogP contribution < -0.4 is 10.5 Å². The number of urea groups is 1.